The van der Waals surface area contributed by atoms with Crippen molar-refractivity contribution in [2.45, 2.75) is 6.42 Å². The van der Waals surface area contributed by atoms with E-state index in [1.54, 1.807) is 18.3 Å². The van der Waals surface area contributed by atoms with Crippen LogP contribution in [0.15, 0.2) is 42.2 Å². The maximum absolute atomic E-state index is 11.0. The molecule has 22 heavy (non-hydrogen) atoms. The predicted molar refractivity (Wildman–Crippen MR) is 84.9 cm³/mol. The summed E-state index contributed by atoms with van der Waals surface area (Å²) in [7, 11) is 0. The second-order valence-corrected chi connectivity index (χ2v) is 5.68. The highest BCUT2D eigenvalue weighted by Crippen LogP contribution is 2.31. The first-order chi connectivity index (χ1) is 10.7. The average Bonchev–Trinajstić information content (AvgIpc) is 3.01. The zero-order valence-corrected chi connectivity index (χ0v) is 12.1. The average molecular weight is 296 g/mol. The van der Waals surface area contributed by atoms with Crippen LogP contribution in [0.1, 0.15) is 6.42 Å². The van der Waals surface area contributed by atoms with Crippen molar-refractivity contribution in [3.8, 4) is 0 Å². The highest BCUT2D eigenvalue weighted by atomic mass is 16.6. The summed E-state index contributed by atoms with van der Waals surface area (Å²) in [5.74, 6) is 0. The van der Waals surface area contributed by atoms with Crippen molar-refractivity contribution in [1.82, 2.24) is 9.88 Å². The van der Waals surface area contributed by atoms with Gasteiger partial charge in [-0.1, -0.05) is 6.08 Å². The Morgan fingerprint density at radius 2 is 2.00 bits per heavy atom. The summed E-state index contributed by atoms with van der Waals surface area (Å²) in [5, 5.41) is 11.9. The number of pyridine rings is 1. The van der Waals surface area contributed by atoms with Crippen LogP contribution in [0.4, 0.5) is 11.4 Å². The van der Waals surface area contributed by atoms with E-state index in [9.17, 15) is 10.1 Å². The Hall–Kier alpha value is -2.63. The number of rotatable bonds is 2. The van der Waals surface area contributed by atoms with Crippen molar-refractivity contribution in [2.24, 2.45) is 0 Å². The molecule has 3 heterocycles. The Labute approximate surface area is 127 Å². The number of nitro benzene ring substituents is 1. The molecule has 6 nitrogen and oxygen atoms in total. The Morgan fingerprint density at radius 1 is 1.14 bits per heavy atom. The maximum Gasteiger partial charge on any atom is 0.270 e. The summed E-state index contributed by atoms with van der Waals surface area (Å²) in [4.78, 5) is 19.7. The molecule has 2 aliphatic heterocycles. The van der Waals surface area contributed by atoms with Crippen LogP contribution in [0.3, 0.4) is 0 Å². The van der Waals surface area contributed by atoms with Gasteiger partial charge in [0.05, 0.1) is 17.0 Å². The number of aromatic nitrogens is 1. The van der Waals surface area contributed by atoms with Crippen molar-refractivity contribution in [1.29, 1.82) is 0 Å². The third kappa shape index (κ3) is 2.07. The number of anilines is 1. The number of piperazine rings is 1. The number of fused-ring (bicyclic) bond motifs is 2. The molecule has 0 N–H and O–H groups in total. The minimum Gasteiger partial charge on any atom is -0.372 e. The van der Waals surface area contributed by atoms with Crippen LogP contribution >= 0.6 is 0 Å². The normalized spacial score (nSPS) is 17.5. The first kappa shape index (κ1) is 13.1. The monoisotopic (exact) mass is 296 g/mol. The first-order valence-electron chi connectivity index (χ1n) is 7.44. The van der Waals surface area contributed by atoms with Crippen LogP contribution in [0.2, 0.25) is 0 Å². The molecule has 2 aromatic rings. The molecule has 4 rings (SSSR count). The number of non-ortho nitro benzene ring substituents is 1. The summed E-state index contributed by atoms with van der Waals surface area (Å²) in [6, 6.07) is 6.82. The fourth-order valence-corrected chi connectivity index (χ4v) is 3.31. The third-order valence-electron chi connectivity index (χ3n) is 4.43. The topological polar surface area (TPSA) is 62.5 Å². The zero-order chi connectivity index (χ0) is 15.1. The number of hydrogen-bond acceptors (Lipinski definition) is 5. The van der Waals surface area contributed by atoms with Gasteiger partial charge in [-0.05, 0) is 18.6 Å². The van der Waals surface area contributed by atoms with Gasteiger partial charge in [0.15, 0.2) is 0 Å². The Morgan fingerprint density at radius 3 is 2.86 bits per heavy atom. The summed E-state index contributed by atoms with van der Waals surface area (Å²) >= 11 is 0. The smallest absolute Gasteiger partial charge is 0.270 e. The van der Waals surface area contributed by atoms with Crippen LogP contribution in [-0.2, 0) is 0 Å². The van der Waals surface area contributed by atoms with Crippen LogP contribution in [0, 0.1) is 10.1 Å². The molecular weight excluding hydrogens is 280 g/mol. The van der Waals surface area contributed by atoms with E-state index < -0.39 is 0 Å². The molecule has 6 heteroatoms. The van der Waals surface area contributed by atoms with E-state index in [0.29, 0.717) is 0 Å². The Bertz CT molecular complexity index is 787. The Kier molecular flexibility index (Phi) is 2.96. The summed E-state index contributed by atoms with van der Waals surface area (Å²) in [5.41, 5.74) is 3.30. The van der Waals surface area contributed by atoms with Gasteiger partial charge in [0, 0.05) is 54.7 Å². The number of nitrogens with zero attached hydrogens (tertiary/aromatic N) is 4. The standard InChI is InChI=1S/C16H16N4O2/c21-20(22)12-3-4-15-14(10-12)16(5-6-17-15)19-9-8-18-7-1-2-13(18)11-19/h2-6,10H,1,7-9,11H2. The number of nitro groups is 1. The molecular formula is C16H16N4O2. The van der Waals surface area contributed by atoms with E-state index in [0.717, 1.165) is 49.2 Å². The molecule has 2 aliphatic rings. The summed E-state index contributed by atoms with van der Waals surface area (Å²) in [6.45, 7) is 3.91. The molecule has 1 aromatic heterocycles. The molecule has 0 atom stereocenters. The molecule has 1 fully saturated rings. The van der Waals surface area contributed by atoms with Gasteiger partial charge >= 0.3 is 0 Å². The minimum atomic E-state index is -0.354. The maximum atomic E-state index is 11.0. The molecule has 1 saturated heterocycles. The highest BCUT2D eigenvalue weighted by Gasteiger charge is 2.25. The van der Waals surface area contributed by atoms with E-state index in [1.807, 2.05) is 6.07 Å². The van der Waals surface area contributed by atoms with E-state index in [-0.39, 0.29) is 10.6 Å². The fraction of sp³-hybridized carbons (Fsp3) is 0.312. The lowest BCUT2D eigenvalue weighted by molar-refractivity contribution is -0.384. The van der Waals surface area contributed by atoms with Crippen LogP contribution in [0.25, 0.3) is 10.9 Å². The fourth-order valence-electron chi connectivity index (χ4n) is 3.31. The zero-order valence-electron chi connectivity index (χ0n) is 12.1. The second kappa shape index (κ2) is 4.98. The molecule has 0 aliphatic carbocycles. The lowest BCUT2D eigenvalue weighted by atomic mass is 10.1. The van der Waals surface area contributed by atoms with Gasteiger partial charge in [0.1, 0.15) is 0 Å². The van der Waals surface area contributed by atoms with Crippen LogP contribution < -0.4 is 4.90 Å². The molecule has 0 spiro atoms. The predicted octanol–water partition coefficient (Wildman–Crippen LogP) is 2.55. The molecule has 0 radical (unpaired) electrons. The van der Waals surface area contributed by atoms with E-state index in [4.69, 9.17) is 0 Å². The van der Waals surface area contributed by atoms with Crippen LogP contribution in [0.5, 0.6) is 0 Å². The summed E-state index contributed by atoms with van der Waals surface area (Å²) in [6.07, 6.45) is 5.18. The highest BCUT2D eigenvalue weighted by molar-refractivity contribution is 5.93. The van der Waals surface area contributed by atoms with Gasteiger partial charge in [-0.25, -0.2) is 0 Å². The molecule has 112 valence electrons. The minimum absolute atomic E-state index is 0.112. The van der Waals surface area contributed by atoms with E-state index in [2.05, 4.69) is 20.9 Å². The van der Waals surface area contributed by atoms with Gasteiger partial charge < -0.3 is 9.80 Å². The molecule has 0 unspecified atom stereocenters. The number of benzene rings is 1. The van der Waals surface area contributed by atoms with Gasteiger partial charge in [-0.3, -0.25) is 15.1 Å². The van der Waals surface area contributed by atoms with E-state index >= 15 is 0 Å². The SMILES string of the molecule is O=[N+]([O-])c1ccc2nccc(N3CCN4CCC=C4C3)c2c1. The van der Waals surface area contributed by atoms with Gasteiger partial charge in [0.2, 0.25) is 0 Å². The van der Waals surface area contributed by atoms with Gasteiger partial charge in [-0.2, -0.15) is 0 Å². The third-order valence-corrected chi connectivity index (χ3v) is 4.43. The van der Waals surface area contributed by atoms with Crippen molar-refractivity contribution in [3.63, 3.8) is 0 Å². The quantitative estimate of drug-likeness (QED) is 0.629. The van der Waals surface area contributed by atoms with Crippen molar-refractivity contribution in [2.75, 3.05) is 31.1 Å². The van der Waals surface area contributed by atoms with Crippen molar-refractivity contribution < 1.29 is 4.92 Å². The van der Waals surface area contributed by atoms with Crippen molar-refractivity contribution in [3.05, 3.63) is 52.3 Å². The van der Waals surface area contributed by atoms with Crippen molar-refractivity contribution >= 4 is 22.3 Å². The lowest BCUT2D eigenvalue weighted by Crippen LogP contribution is -2.43. The Balaban J connectivity index is 1.77. The molecule has 0 amide bonds. The largest absolute Gasteiger partial charge is 0.372 e. The molecule has 0 saturated carbocycles. The number of hydrogen-bond donors (Lipinski definition) is 0. The summed E-state index contributed by atoms with van der Waals surface area (Å²) < 4.78 is 0. The lowest BCUT2D eigenvalue weighted by Gasteiger charge is -2.37. The van der Waals surface area contributed by atoms with E-state index in [1.165, 1.54) is 11.8 Å². The molecule has 1 aromatic carbocycles. The first-order valence-corrected chi connectivity index (χ1v) is 7.44. The van der Waals surface area contributed by atoms with Gasteiger partial charge in [0.25, 0.3) is 5.69 Å². The second-order valence-electron chi connectivity index (χ2n) is 5.68. The van der Waals surface area contributed by atoms with Crippen LogP contribution in [-0.4, -0.2) is 41.0 Å². The molecule has 0 bridgehead atoms. The van der Waals surface area contributed by atoms with Gasteiger partial charge in [-0.15, -0.1) is 0 Å².